The molecule has 1 atom stereocenters. The highest BCUT2D eigenvalue weighted by Gasteiger charge is 2.33. The molecule has 0 aromatic carbocycles. The van der Waals surface area contributed by atoms with E-state index < -0.39 is 11.9 Å². The molecule has 0 spiro atoms. The Balaban J connectivity index is 2.18. The molecule has 2 rings (SSSR count). The average Bonchev–Trinajstić information content (AvgIpc) is 2.38. The molecule has 1 saturated heterocycles. The largest absolute Gasteiger partial charge is 0.433 e. The van der Waals surface area contributed by atoms with E-state index in [1.165, 1.54) is 6.07 Å². The van der Waals surface area contributed by atoms with Gasteiger partial charge < -0.3 is 4.90 Å². The fraction of sp³-hybridized carbons (Fsp3) is 0.583. The zero-order valence-electron chi connectivity index (χ0n) is 9.75. The van der Waals surface area contributed by atoms with Gasteiger partial charge in [-0.3, -0.25) is 0 Å². The highest BCUT2D eigenvalue weighted by molar-refractivity contribution is 6.18. The number of halogens is 4. The highest BCUT2D eigenvalue weighted by Crippen LogP contribution is 2.30. The van der Waals surface area contributed by atoms with Crippen LogP contribution in [0.1, 0.15) is 18.5 Å². The van der Waals surface area contributed by atoms with Crippen LogP contribution in [0.4, 0.5) is 19.0 Å². The molecule has 18 heavy (non-hydrogen) atoms. The summed E-state index contributed by atoms with van der Waals surface area (Å²) in [6.07, 6.45) is -2.42. The molecule has 0 amide bonds. The first-order valence-electron chi connectivity index (χ1n) is 5.86. The van der Waals surface area contributed by atoms with E-state index in [-0.39, 0.29) is 0 Å². The van der Waals surface area contributed by atoms with E-state index in [1.807, 2.05) is 4.90 Å². The topological polar surface area (TPSA) is 16.1 Å². The Bertz CT molecular complexity index is 409. The predicted molar refractivity (Wildman–Crippen MR) is 64.9 cm³/mol. The third-order valence-electron chi connectivity index (χ3n) is 3.09. The van der Waals surface area contributed by atoms with Gasteiger partial charge in [0.2, 0.25) is 0 Å². The van der Waals surface area contributed by atoms with E-state index in [9.17, 15) is 13.2 Å². The molecule has 1 aliphatic rings. The smallest absolute Gasteiger partial charge is 0.356 e. The van der Waals surface area contributed by atoms with Crippen molar-refractivity contribution in [3.8, 4) is 0 Å². The molecule has 0 radical (unpaired) electrons. The summed E-state index contributed by atoms with van der Waals surface area (Å²) >= 11 is 5.81. The SMILES string of the molecule is FC(F)(F)c1cccc(N2CCCC(CCl)C2)n1. The lowest BCUT2D eigenvalue weighted by Gasteiger charge is -2.32. The van der Waals surface area contributed by atoms with Crippen molar-refractivity contribution in [1.82, 2.24) is 4.98 Å². The van der Waals surface area contributed by atoms with Crippen molar-refractivity contribution in [1.29, 1.82) is 0 Å². The summed E-state index contributed by atoms with van der Waals surface area (Å²) in [5.41, 5.74) is -0.840. The van der Waals surface area contributed by atoms with E-state index in [0.29, 0.717) is 24.2 Å². The predicted octanol–water partition coefficient (Wildman–Crippen LogP) is 3.56. The summed E-state index contributed by atoms with van der Waals surface area (Å²) < 4.78 is 37.7. The summed E-state index contributed by atoms with van der Waals surface area (Å²) in [5, 5.41) is 0. The van der Waals surface area contributed by atoms with Crippen molar-refractivity contribution in [2.45, 2.75) is 19.0 Å². The van der Waals surface area contributed by atoms with E-state index in [2.05, 4.69) is 4.98 Å². The molecule has 100 valence electrons. The molecule has 2 heterocycles. The maximum Gasteiger partial charge on any atom is 0.433 e. The van der Waals surface area contributed by atoms with Crippen LogP contribution in [-0.2, 0) is 6.18 Å². The first-order chi connectivity index (χ1) is 8.50. The van der Waals surface area contributed by atoms with Crippen molar-refractivity contribution < 1.29 is 13.2 Å². The van der Waals surface area contributed by atoms with E-state index in [4.69, 9.17) is 11.6 Å². The van der Waals surface area contributed by atoms with Gasteiger partial charge in [-0.2, -0.15) is 13.2 Å². The minimum Gasteiger partial charge on any atom is -0.356 e. The van der Waals surface area contributed by atoms with Crippen LogP contribution in [0.5, 0.6) is 0 Å². The minimum absolute atomic E-state index is 0.330. The Hall–Kier alpha value is -0.970. The summed E-state index contributed by atoms with van der Waals surface area (Å²) in [7, 11) is 0. The quantitative estimate of drug-likeness (QED) is 0.769. The first-order valence-corrected chi connectivity index (χ1v) is 6.39. The second-order valence-electron chi connectivity index (χ2n) is 4.49. The molecule has 0 aliphatic carbocycles. The Morgan fingerprint density at radius 1 is 1.39 bits per heavy atom. The molecule has 1 aliphatic heterocycles. The second kappa shape index (κ2) is 5.34. The molecular formula is C12H14ClF3N2. The van der Waals surface area contributed by atoms with Crippen molar-refractivity contribution in [2.24, 2.45) is 5.92 Å². The monoisotopic (exact) mass is 278 g/mol. The van der Waals surface area contributed by atoms with Crippen LogP contribution in [0.25, 0.3) is 0 Å². The Morgan fingerprint density at radius 2 is 2.17 bits per heavy atom. The molecule has 6 heteroatoms. The third-order valence-corrected chi connectivity index (χ3v) is 3.52. The number of piperidine rings is 1. The van der Waals surface area contributed by atoms with Crippen LogP contribution >= 0.6 is 11.6 Å². The lowest BCUT2D eigenvalue weighted by Crippen LogP contribution is -2.36. The fourth-order valence-electron chi connectivity index (χ4n) is 2.16. The van der Waals surface area contributed by atoms with E-state index >= 15 is 0 Å². The van der Waals surface area contributed by atoms with Crippen LogP contribution < -0.4 is 4.90 Å². The van der Waals surface area contributed by atoms with Gasteiger partial charge in [0.05, 0.1) is 0 Å². The lowest BCUT2D eigenvalue weighted by molar-refractivity contribution is -0.141. The van der Waals surface area contributed by atoms with Gasteiger partial charge in [-0.25, -0.2) is 4.98 Å². The Labute approximate surface area is 109 Å². The number of hydrogen-bond donors (Lipinski definition) is 0. The number of alkyl halides is 4. The van der Waals surface area contributed by atoms with Gasteiger partial charge >= 0.3 is 6.18 Å². The molecular weight excluding hydrogens is 265 g/mol. The zero-order chi connectivity index (χ0) is 13.2. The van der Waals surface area contributed by atoms with Crippen molar-refractivity contribution in [2.75, 3.05) is 23.9 Å². The number of nitrogens with zero attached hydrogens (tertiary/aromatic N) is 2. The number of pyridine rings is 1. The summed E-state index contributed by atoms with van der Waals surface area (Å²) in [6, 6.07) is 4.01. The molecule has 2 nitrogen and oxygen atoms in total. The number of anilines is 1. The molecule has 1 unspecified atom stereocenters. The van der Waals surface area contributed by atoms with Crippen LogP contribution in [0.15, 0.2) is 18.2 Å². The first kappa shape index (κ1) is 13.5. The van der Waals surface area contributed by atoms with Crippen molar-refractivity contribution in [3.63, 3.8) is 0 Å². The summed E-state index contributed by atoms with van der Waals surface area (Å²) in [5.74, 6) is 1.26. The van der Waals surface area contributed by atoms with Crippen LogP contribution in [-0.4, -0.2) is 24.0 Å². The van der Waals surface area contributed by atoms with Gasteiger partial charge in [0, 0.05) is 19.0 Å². The van der Waals surface area contributed by atoms with Gasteiger partial charge in [-0.1, -0.05) is 6.07 Å². The number of aromatic nitrogens is 1. The molecule has 0 bridgehead atoms. The molecule has 1 aromatic heterocycles. The van der Waals surface area contributed by atoms with Crippen molar-refractivity contribution in [3.05, 3.63) is 23.9 Å². The van der Waals surface area contributed by atoms with Crippen LogP contribution in [0.2, 0.25) is 0 Å². The molecule has 1 aromatic rings. The highest BCUT2D eigenvalue weighted by atomic mass is 35.5. The van der Waals surface area contributed by atoms with E-state index in [0.717, 1.165) is 25.5 Å². The van der Waals surface area contributed by atoms with E-state index in [1.54, 1.807) is 6.07 Å². The van der Waals surface area contributed by atoms with Gasteiger partial charge in [-0.15, -0.1) is 11.6 Å². The zero-order valence-corrected chi connectivity index (χ0v) is 10.5. The number of hydrogen-bond acceptors (Lipinski definition) is 2. The molecule has 0 saturated carbocycles. The molecule has 1 fully saturated rings. The molecule has 0 N–H and O–H groups in total. The van der Waals surface area contributed by atoms with Crippen LogP contribution in [0, 0.1) is 5.92 Å². The second-order valence-corrected chi connectivity index (χ2v) is 4.80. The number of rotatable bonds is 2. The Kier molecular flexibility index (Phi) is 4.00. The standard InChI is InChI=1S/C12H14ClF3N2/c13-7-9-3-2-6-18(8-9)11-5-1-4-10(17-11)12(14,15)16/h1,4-5,9H,2-3,6-8H2. The summed E-state index contributed by atoms with van der Waals surface area (Å²) in [4.78, 5) is 5.58. The fourth-order valence-corrected chi connectivity index (χ4v) is 2.41. The van der Waals surface area contributed by atoms with Crippen molar-refractivity contribution >= 4 is 17.4 Å². The van der Waals surface area contributed by atoms with Gasteiger partial charge in [0.1, 0.15) is 11.5 Å². The lowest BCUT2D eigenvalue weighted by atomic mass is 10.0. The summed E-state index contributed by atoms with van der Waals surface area (Å²) in [6.45, 7) is 1.42. The van der Waals surface area contributed by atoms with Crippen LogP contribution in [0.3, 0.4) is 0 Å². The normalized spacial score (nSPS) is 21.1. The maximum atomic E-state index is 12.6. The Morgan fingerprint density at radius 3 is 2.83 bits per heavy atom. The van der Waals surface area contributed by atoms with Gasteiger partial charge in [0.25, 0.3) is 0 Å². The van der Waals surface area contributed by atoms with Gasteiger partial charge in [0.15, 0.2) is 0 Å². The maximum absolute atomic E-state index is 12.6. The average molecular weight is 279 g/mol. The third kappa shape index (κ3) is 3.07. The van der Waals surface area contributed by atoms with Gasteiger partial charge in [-0.05, 0) is 30.9 Å². The minimum atomic E-state index is -4.39.